The number of allylic oxidation sites excluding steroid dienone is 2. The van der Waals surface area contributed by atoms with Crippen molar-refractivity contribution in [3.8, 4) is 0 Å². The molecule has 3 atom stereocenters. The van der Waals surface area contributed by atoms with E-state index in [1.807, 2.05) is 21.3 Å². The van der Waals surface area contributed by atoms with Gasteiger partial charge in [0.1, 0.15) is 0 Å². The van der Waals surface area contributed by atoms with Crippen LogP contribution in [0.3, 0.4) is 0 Å². The zero-order valence-electron chi connectivity index (χ0n) is 23.8. The molecule has 0 spiro atoms. The van der Waals surface area contributed by atoms with Crippen molar-refractivity contribution in [2.75, 3.05) is 26.2 Å². The van der Waals surface area contributed by atoms with Crippen LogP contribution in [-0.2, 0) is 20.8 Å². The van der Waals surface area contributed by atoms with Crippen LogP contribution in [0.2, 0.25) is 10.0 Å². The van der Waals surface area contributed by atoms with Crippen LogP contribution in [0.25, 0.3) is 0 Å². The van der Waals surface area contributed by atoms with Gasteiger partial charge in [0.2, 0.25) is 12.3 Å². The Labute approximate surface area is 265 Å². The van der Waals surface area contributed by atoms with Crippen LogP contribution in [0, 0.1) is 0 Å². The number of thiazole rings is 1. The van der Waals surface area contributed by atoms with Crippen LogP contribution >= 0.6 is 34.5 Å². The maximum atomic E-state index is 13.7. The minimum Gasteiger partial charge on any atom is -0.478 e. The van der Waals surface area contributed by atoms with Crippen molar-refractivity contribution < 1.29 is 19.5 Å². The number of piperidine rings is 1. The number of nitrogens with one attached hydrogen (secondary N) is 1. The fourth-order valence-electron chi connectivity index (χ4n) is 7.23. The molecule has 3 fully saturated rings. The Morgan fingerprint density at radius 2 is 1.74 bits per heavy atom. The normalized spacial score (nSPS) is 25.9. The van der Waals surface area contributed by atoms with Gasteiger partial charge >= 0.3 is 5.97 Å². The number of halogens is 2. The Bertz CT molecular complexity index is 1410. The summed E-state index contributed by atoms with van der Waals surface area (Å²) in [5.41, 5.74) is 1.78. The van der Waals surface area contributed by atoms with Gasteiger partial charge in [-0.2, -0.15) is 0 Å². The lowest BCUT2D eigenvalue weighted by atomic mass is 9.85. The molecule has 4 aliphatic heterocycles. The molecule has 228 valence electrons. The van der Waals surface area contributed by atoms with E-state index in [1.165, 1.54) is 0 Å². The number of hydrogen-bond donors (Lipinski definition) is 2. The van der Waals surface area contributed by atoms with Gasteiger partial charge in [-0.25, -0.2) is 9.78 Å². The highest BCUT2D eigenvalue weighted by Gasteiger charge is 2.42. The van der Waals surface area contributed by atoms with Gasteiger partial charge in [0.15, 0.2) is 0 Å². The number of nitrogens with zero attached hydrogens (tertiary/aromatic N) is 4. The summed E-state index contributed by atoms with van der Waals surface area (Å²) >= 11 is 14.7. The summed E-state index contributed by atoms with van der Waals surface area (Å²) in [5, 5.41) is 17.4. The van der Waals surface area contributed by atoms with Crippen LogP contribution < -0.4 is 5.32 Å². The van der Waals surface area contributed by atoms with Crippen molar-refractivity contribution in [3.05, 3.63) is 73.4 Å². The van der Waals surface area contributed by atoms with Gasteiger partial charge < -0.3 is 20.2 Å². The topological polar surface area (TPSA) is 106 Å². The molecule has 2 amide bonds. The fraction of sp³-hybridized carbons (Fsp3) is 0.484. The first-order valence-corrected chi connectivity index (χ1v) is 16.5. The molecular formula is C31H35Cl2N5O4S. The summed E-state index contributed by atoms with van der Waals surface area (Å²) in [6.45, 7) is 2.71. The summed E-state index contributed by atoms with van der Waals surface area (Å²) in [7, 11) is 0. The molecule has 6 rings (SSSR count). The van der Waals surface area contributed by atoms with Gasteiger partial charge in [0, 0.05) is 95.2 Å². The molecule has 2 aromatic rings. The summed E-state index contributed by atoms with van der Waals surface area (Å²) in [6, 6.07) is 6.22. The molecule has 3 unspecified atom stereocenters. The van der Waals surface area contributed by atoms with Crippen molar-refractivity contribution in [3.63, 3.8) is 0 Å². The molecule has 43 heavy (non-hydrogen) atoms. The lowest BCUT2D eigenvalue weighted by Crippen LogP contribution is -2.56. The molecule has 9 nitrogen and oxygen atoms in total. The van der Waals surface area contributed by atoms with Crippen molar-refractivity contribution >= 4 is 52.8 Å². The largest absolute Gasteiger partial charge is 0.478 e. The molecule has 2 N–H and O–H groups in total. The van der Waals surface area contributed by atoms with E-state index in [-0.39, 0.29) is 17.9 Å². The van der Waals surface area contributed by atoms with Crippen LogP contribution in [0.1, 0.15) is 55.0 Å². The number of benzene rings is 1. The lowest BCUT2D eigenvalue weighted by Gasteiger charge is -2.45. The molecule has 5 heterocycles. The van der Waals surface area contributed by atoms with Crippen LogP contribution in [-0.4, -0.2) is 87.4 Å². The molecule has 4 aliphatic rings. The van der Waals surface area contributed by atoms with Crippen LogP contribution in [0.5, 0.6) is 0 Å². The van der Waals surface area contributed by atoms with E-state index >= 15 is 0 Å². The minimum absolute atomic E-state index is 0.0589. The van der Waals surface area contributed by atoms with Crippen molar-refractivity contribution in [2.24, 2.45) is 0 Å². The van der Waals surface area contributed by atoms with Crippen LogP contribution in [0.4, 0.5) is 0 Å². The third-order valence-corrected chi connectivity index (χ3v) is 10.8. The zero-order chi connectivity index (χ0) is 30.1. The summed E-state index contributed by atoms with van der Waals surface area (Å²) in [6.07, 6.45) is 9.99. The predicted molar refractivity (Wildman–Crippen MR) is 166 cm³/mol. The second-order valence-electron chi connectivity index (χ2n) is 11.7. The number of carbonyl (C=O) groups is 3. The van der Waals surface area contributed by atoms with E-state index in [4.69, 9.17) is 23.2 Å². The fourth-order valence-corrected chi connectivity index (χ4v) is 8.48. The van der Waals surface area contributed by atoms with Crippen molar-refractivity contribution in [2.45, 2.75) is 69.0 Å². The maximum Gasteiger partial charge on any atom is 0.334 e. The number of hydrogen-bond acceptors (Lipinski definition) is 7. The summed E-state index contributed by atoms with van der Waals surface area (Å²) < 4.78 is 0. The number of carbonyl (C=O) groups excluding carboxylic acids is 2. The SMILES string of the molecule is O=CN1C2CCC1CC(N1CCN(C(=O)CC3=C(C(=O)O)C(c4c(Cl)cccc4Cl)C=C(CCc4nccs4)N3)CC1)C2. The first-order valence-electron chi connectivity index (χ1n) is 14.8. The van der Waals surface area contributed by atoms with Crippen molar-refractivity contribution in [1.82, 2.24) is 25.0 Å². The summed E-state index contributed by atoms with van der Waals surface area (Å²) in [4.78, 5) is 48.6. The number of fused-ring (bicyclic) bond motifs is 2. The first-order chi connectivity index (χ1) is 20.8. The highest BCUT2D eigenvalue weighted by Crippen LogP contribution is 2.41. The molecule has 1 aromatic heterocycles. The van der Waals surface area contributed by atoms with Gasteiger partial charge in [-0.15, -0.1) is 11.3 Å². The highest BCUT2D eigenvalue weighted by atomic mass is 35.5. The predicted octanol–water partition coefficient (Wildman–Crippen LogP) is 4.68. The van der Waals surface area contributed by atoms with Crippen LogP contribution in [0.15, 0.2) is 52.8 Å². The molecule has 3 saturated heterocycles. The second kappa shape index (κ2) is 13.0. The minimum atomic E-state index is -1.12. The number of aliphatic carboxylic acids is 1. The van der Waals surface area contributed by atoms with E-state index in [0.717, 1.165) is 55.9 Å². The smallest absolute Gasteiger partial charge is 0.334 e. The summed E-state index contributed by atoms with van der Waals surface area (Å²) in [5.74, 6) is -1.94. The average molecular weight is 645 g/mol. The van der Waals surface area contributed by atoms with Gasteiger partial charge in [0.25, 0.3) is 0 Å². The lowest BCUT2D eigenvalue weighted by molar-refractivity contribution is -0.133. The van der Waals surface area contributed by atoms with Gasteiger partial charge in [0.05, 0.1) is 17.0 Å². The standard InChI is InChI=1S/C31H35Cl2N5O4S/c32-24-2-1-3-25(33)29(24)23-14-19(4-7-27-34-8-13-43-27)35-26(30(23)31(41)42)17-28(40)37-11-9-36(10-12-37)22-15-20-5-6-21(16-22)38(20)18-39/h1-3,8,13-14,18,20-23,35H,4-7,9-12,15-17H2,(H,41,42). The van der Waals surface area contributed by atoms with Crippen molar-refractivity contribution in [1.29, 1.82) is 0 Å². The Morgan fingerprint density at radius 1 is 1.05 bits per heavy atom. The number of carboxylic acids is 1. The Kier molecular flexibility index (Phi) is 9.09. The molecule has 1 aromatic carbocycles. The average Bonchev–Trinajstić information content (AvgIpc) is 3.60. The van der Waals surface area contributed by atoms with E-state index in [0.29, 0.717) is 65.4 Å². The Morgan fingerprint density at radius 3 is 2.35 bits per heavy atom. The number of aromatic nitrogens is 1. The number of amides is 2. The highest BCUT2D eigenvalue weighted by molar-refractivity contribution is 7.09. The third kappa shape index (κ3) is 6.34. The molecular weight excluding hydrogens is 609 g/mol. The third-order valence-electron chi connectivity index (χ3n) is 9.35. The number of carboxylic acid groups (broad SMARTS) is 1. The number of aryl methyl sites for hydroxylation is 1. The van der Waals surface area contributed by atoms with E-state index in [9.17, 15) is 19.5 Å². The quantitative estimate of drug-likeness (QED) is 0.382. The monoisotopic (exact) mass is 643 g/mol. The number of dihydropyridines is 1. The molecule has 12 heteroatoms. The molecule has 0 radical (unpaired) electrons. The van der Waals surface area contributed by atoms with E-state index in [2.05, 4.69) is 15.2 Å². The van der Waals surface area contributed by atoms with Gasteiger partial charge in [-0.05, 0) is 44.2 Å². The Balaban J connectivity index is 1.18. The van der Waals surface area contributed by atoms with Gasteiger partial charge in [-0.1, -0.05) is 35.3 Å². The second-order valence-corrected chi connectivity index (χ2v) is 13.5. The van der Waals surface area contributed by atoms with E-state index < -0.39 is 11.9 Å². The molecule has 0 aliphatic carbocycles. The zero-order valence-corrected chi connectivity index (χ0v) is 26.1. The number of piperazine rings is 1. The number of rotatable bonds is 9. The molecule has 0 saturated carbocycles. The maximum absolute atomic E-state index is 13.7. The first kappa shape index (κ1) is 30.1. The van der Waals surface area contributed by atoms with Gasteiger partial charge in [-0.3, -0.25) is 14.5 Å². The van der Waals surface area contributed by atoms with E-state index in [1.54, 1.807) is 35.7 Å². The Hall–Kier alpha value is -2.92. The molecule has 2 bridgehead atoms.